The van der Waals surface area contributed by atoms with Crippen LogP contribution in [0.1, 0.15) is 29.6 Å². The van der Waals surface area contributed by atoms with Gasteiger partial charge in [0.1, 0.15) is 0 Å². The Hall–Kier alpha value is -2.43. The number of allylic oxidation sites excluding steroid dienone is 1. The molecule has 5 heteroatoms. The van der Waals surface area contributed by atoms with Crippen LogP contribution >= 0.6 is 0 Å². The quantitative estimate of drug-likeness (QED) is 0.894. The lowest BCUT2D eigenvalue weighted by atomic mass is 10.1. The van der Waals surface area contributed by atoms with Crippen LogP contribution in [0, 0.1) is 0 Å². The van der Waals surface area contributed by atoms with Gasteiger partial charge in [-0.15, -0.1) is 10.2 Å². The number of carboxylic acids is 1. The van der Waals surface area contributed by atoms with Crippen LogP contribution in [0.4, 0.5) is 0 Å². The zero-order valence-electron chi connectivity index (χ0n) is 9.83. The Morgan fingerprint density at radius 1 is 1.33 bits per heavy atom. The summed E-state index contributed by atoms with van der Waals surface area (Å²) < 4.78 is 5.42. The summed E-state index contributed by atoms with van der Waals surface area (Å²) in [5, 5.41) is 16.6. The van der Waals surface area contributed by atoms with E-state index in [4.69, 9.17) is 9.52 Å². The minimum Gasteiger partial charge on any atom is -0.478 e. The molecule has 0 aliphatic heterocycles. The summed E-state index contributed by atoms with van der Waals surface area (Å²) in [6.45, 7) is 2.01. The molecule has 0 aliphatic carbocycles. The summed E-state index contributed by atoms with van der Waals surface area (Å²) in [4.78, 5) is 10.7. The minimum atomic E-state index is -0.960. The zero-order valence-corrected chi connectivity index (χ0v) is 9.83. The summed E-state index contributed by atoms with van der Waals surface area (Å²) in [5.41, 5.74) is 0.924. The summed E-state index contributed by atoms with van der Waals surface area (Å²) in [7, 11) is 0. The highest BCUT2D eigenvalue weighted by Gasteiger charge is 2.08. The van der Waals surface area contributed by atoms with Crippen molar-refractivity contribution >= 4 is 12.0 Å². The van der Waals surface area contributed by atoms with Gasteiger partial charge in [-0.25, -0.2) is 4.79 Å². The van der Waals surface area contributed by atoms with Crippen LogP contribution in [0.25, 0.3) is 17.5 Å². The number of aromatic carboxylic acids is 1. The lowest BCUT2D eigenvalue weighted by Gasteiger charge is -1.95. The molecule has 2 aromatic rings. The van der Waals surface area contributed by atoms with Gasteiger partial charge in [0, 0.05) is 5.56 Å². The van der Waals surface area contributed by atoms with Crippen molar-refractivity contribution in [1.82, 2.24) is 10.2 Å². The van der Waals surface area contributed by atoms with Gasteiger partial charge in [-0.05, 0) is 36.8 Å². The fourth-order valence-electron chi connectivity index (χ4n) is 1.39. The van der Waals surface area contributed by atoms with Gasteiger partial charge in [-0.2, -0.15) is 0 Å². The van der Waals surface area contributed by atoms with E-state index >= 15 is 0 Å². The lowest BCUT2D eigenvalue weighted by Crippen LogP contribution is -1.94. The molecule has 18 heavy (non-hydrogen) atoms. The van der Waals surface area contributed by atoms with E-state index in [1.807, 2.05) is 13.0 Å². The molecule has 0 radical (unpaired) electrons. The Morgan fingerprint density at radius 2 is 2.06 bits per heavy atom. The first kappa shape index (κ1) is 12.0. The maximum Gasteiger partial charge on any atom is 0.335 e. The minimum absolute atomic E-state index is 0.226. The van der Waals surface area contributed by atoms with Crippen LogP contribution in [0.3, 0.4) is 0 Å². The fourth-order valence-corrected chi connectivity index (χ4v) is 1.39. The molecule has 1 heterocycles. The van der Waals surface area contributed by atoms with E-state index < -0.39 is 5.97 Å². The predicted octanol–water partition coefficient (Wildman–Crippen LogP) is 2.86. The number of benzene rings is 1. The number of aromatic nitrogens is 2. The zero-order chi connectivity index (χ0) is 13.0. The lowest BCUT2D eigenvalue weighted by molar-refractivity contribution is 0.0697. The number of carbonyl (C=O) groups is 1. The SMILES string of the molecule is CC/C=C/c1nnc(-c2ccc(C(=O)O)cc2)o1. The first-order valence-electron chi connectivity index (χ1n) is 5.54. The van der Waals surface area contributed by atoms with Crippen molar-refractivity contribution in [2.75, 3.05) is 0 Å². The number of hydrogen-bond donors (Lipinski definition) is 1. The van der Waals surface area contributed by atoms with Gasteiger partial charge in [-0.1, -0.05) is 13.0 Å². The molecule has 5 nitrogen and oxygen atoms in total. The standard InChI is InChI=1S/C13H12N2O3/c1-2-3-4-11-14-15-12(18-11)9-5-7-10(8-6-9)13(16)17/h3-8H,2H2,1H3,(H,16,17)/b4-3+. The topological polar surface area (TPSA) is 76.2 Å². The Labute approximate surface area is 104 Å². The Balaban J connectivity index is 2.23. The third-order valence-electron chi connectivity index (χ3n) is 2.32. The molecule has 92 valence electrons. The Kier molecular flexibility index (Phi) is 3.52. The maximum absolute atomic E-state index is 10.7. The Bertz CT molecular complexity index is 570. The summed E-state index contributed by atoms with van der Waals surface area (Å²) in [6, 6.07) is 6.29. The number of nitrogens with zero attached hydrogens (tertiary/aromatic N) is 2. The molecule has 1 aromatic carbocycles. The van der Waals surface area contributed by atoms with E-state index in [9.17, 15) is 4.79 Å². The van der Waals surface area contributed by atoms with E-state index in [2.05, 4.69) is 10.2 Å². The first-order valence-corrected chi connectivity index (χ1v) is 5.54. The monoisotopic (exact) mass is 244 g/mol. The predicted molar refractivity (Wildman–Crippen MR) is 66.0 cm³/mol. The molecule has 2 rings (SSSR count). The second kappa shape index (κ2) is 5.27. The molecular weight excluding hydrogens is 232 g/mol. The van der Waals surface area contributed by atoms with Gasteiger partial charge in [0.15, 0.2) is 0 Å². The smallest absolute Gasteiger partial charge is 0.335 e. The number of carboxylic acid groups (broad SMARTS) is 1. The maximum atomic E-state index is 10.7. The van der Waals surface area contributed by atoms with Crippen molar-refractivity contribution in [3.63, 3.8) is 0 Å². The molecule has 0 saturated carbocycles. The van der Waals surface area contributed by atoms with Gasteiger partial charge in [0.2, 0.25) is 11.8 Å². The molecule has 0 bridgehead atoms. The molecule has 1 N–H and O–H groups in total. The van der Waals surface area contributed by atoms with E-state index in [1.165, 1.54) is 12.1 Å². The molecule has 0 spiro atoms. The van der Waals surface area contributed by atoms with Gasteiger partial charge in [0.05, 0.1) is 5.56 Å². The largest absolute Gasteiger partial charge is 0.478 e. The average Bonchev–Trinajstić information content (AvgIpc) is 2.85. The summed E-state index contributed by atoms with van der Waals surface area (Å²) in [6.07, 6.45) is 4.57. The van der Waals surface area contributed by atoms with Crippen molar-refractivity contribution < 1.29 is 14.3 Å². The van der Waals surface area contributed by atoms with Crippen LogP contribution in [-0.4, -0.2) is 21.3 Å². The van der Waals surface area contributed by atoms with Crippen LogP contribution in [0.5, 0.6) is 0 Å². The molecule has 0 unspecified atom stereocenters. The van der Waals surface area contributed by atoms with Crippen molar-refractivity contribution in [3.8, 4) is 11.5 Å². The molecule has 0 aliphatic rings. The van der Waals surface area contributed by atoms with E-state index in [1.54, 1.807) is 18.2 Å². The highest BCUT2D eigenvalue weighted by atomic mass is 16.4. The van der Waals surface area contributed by atoms with Crippen molar-refractivity contribution in [1.29, 1.82) is 0 Å². The normalized spacial score (nSPS) is 10.9. The van der Waals surface area contributed by atoms with E-state index in [-0.39, 0.29) is 5.56 Å². The first-order chi connectivity index (χ1) is 8.70. The highest BCUT2D eigenvalue weighted by molar-refractivity contribution is 5.88. The van der Waals surface area contributed by atoms with Crippen LogP contribution in [0.15, 0.2) is 34.8 Å². The number of rotatable bonds is 4. The molecule has 1 aromatic heterocycles. The second-order valence-corrected chi connectivity index (χ2v) is 3.64. The fraction of sp³-hybridized carbons (Fsp3) is 0.154. The molecular formula is C13H12N2O3. The van der Waals surface area contributed by atoms with Crippen molar-refractivity contribution in [3.05, 3.63) is 41.8 Å². The second-order valence-electron chi connectivity index (χ2n) is 3.64. The average molecular weight is 244 g/mol. The molecule has 0 atom stereocenters. The van der Waals surface area contributed by atoms with E-state index in [0.717, 1.165) is 6.42 Å². The van der Waals surface area contributed by atoms with E-state index in [0.29, 0.717) is 17.3 Å². The number of hydrogen-bond acceptors (Lipinski definition) is 4. The van der Waals surface area contributed by atoms with Gasteiger partial charge < -0.3 is 9.52 Å². The van der Waals surface area contributed by atoms with Crippen molar-refractivity contribution in [2.45, 2.75) is 13.3 Å². The molecule has 0 amide bonds. The van der Waals surface area contributed by atoms with Gasteiger partial charge in [0.25, 0.3) is 0 Å². The summed E-state index contributed by atoms with van der Waals surface area (Å²) in [5.74, 6) is -0.143. The van der Waals surface area contributed by atoms with Crippen LogP contribution in [0.2, 0.25) is 0 Å². The van der Waals surface area contributed by atoms with Gasteiger partial charge >= 0.3 is 5.97 Å². The third-order valence-corrected chi connectivity index (χ3v) is 2.32. The molecule has 0 fully saturated rings. The summed E-state index contributed by atoms with van der Waals surface area (Å²) >= 11 is 0. The van der Waals surface area contributed by atoms with Crippen LogP contribution < -0.4 is 0 Å². The Morgan fingerprint density at radius 3 is 2.67 bits per heavy atom. The third kappa shape index (κ3) is 2.63. The van der Waals surface area contributed by atoms with Crippen LogP contribution in [-0.2, 0) is 0 Å². The van der Waals surface area contributed by atoms with Crippen molar-refractivity contribution in [2.24, 2.45) is 0 Å². The molecule has 0 saturated heterocycles. The van der Waals surface area contributed by atoms with Gasteiger partial charge in [-0.3, -0.25) is 0 Å². The highest BCUT2D eigenvalue weighted by Crippen LogP contribution is 2.18.